The Morgan fingerprint density at radius 1 is 1.39 bits per heavy atom. The molecule has 0 spiro atoms. The molecular formula is C20H26ClN6O3Si. The summed E-state index contributed by atoms with van der Waals surface area (Å²) in [6, 6.07) is 1.39. The van der Waals surface area contributed by atoms with Gasteiger partial charge in [-0.15, -0.1) is 0 Å². The Kier molecular flexibility index (Phi) is 6.70. The lowest BCUT2D eigenvalue weighted by molar-refractivity contribution is -0.130. The van der Waals surface area contributed by atoms with E-state index in [-0.39, 0.29) is 30.2 Å². The molecule has 1 aliphatic heterocycles. The molecule has 0 unspecified atom stereocenters. The van der Waals surface area contributed by atoms with Gasteiger partial charge in [0.05, 0.1) is 23.3 Å². The maximum atomic E-state index is 12.8. The predicted molar refractivity (Wildman–Crippen MR) is 121 cm³/mol. The molecule has 3 N–H and O–H groups in total. The van der Waals surface area contributed by atoms with E-state index in [0.29, 0.717) is 41.1 Å². The van der Waals surface area contributed by atoms with Gasteiger partial charge in [0, 0.05) is 31.5 Å². The summed E-state index contributed by atoms with van der Waals surface area (Å²) in [6.07, 6.45) is 1.27. The highest BCUT2D eigenvalue weighted by Crippen LogP contribution is 2.24. The summed E-state index contributed by atoms with van der Waals surface area (Å²) < 4.78 is 1.71. The number of anilines is 1. The van der Waals surface area contributed by atoms with Crippen LogP contribution in [0.15, 0.2) is 18.7 Å². The summed E-state index contributed by atoms with van der Waals surface area (Å²) in [7, 11) is 0.862. The Balaban J connectivity index is 1.68. The smallest absolute Gasteiger partial charge is 0.270 e. The fourth-order valence-corrected chi connectivity index (χ4v) is 5.02. The molecule has 3 rings (SSSR count). The van der Waals surface area contributed by atoms with E-state index in [1.54, 1.807) is 23.4 Å². The average Bonchev–Trinajstić information content (AvgIpc) is 2.96. The lowest BCUT2D eigenvalue weighted by Crippen LogP contribution is -2.60. The van der Waals surface area contributed by atoms with Crippen LogP contribution in [-0.2, 0) is 18.4 Å². The minimum Gasteiger partial charge on any atom is -0.504 e. The molecule has 1 aliphatic rings. The summed E-state index contributed by atoms with van der Waals surface area (Å²) >= 11 is 6.18. The summed E-state index contributed by atoms with van der Waals surface area (Å²) in [5, 5.41) is 17.4. The Hall–Kier alpha value is -2.85. The van der Waals surface area contributed by atoms with Crippen molar-refractivity contribution in [1.82, 2.24) is 24.8 Å². The third-order valence-electron chi connectivity index (χ3n) is 5.12. The van der Waals surface area contributed by atoms with Gasteiger partial charge < -0.3 is 25.2 Å². The van der Waals surface area contributed by atoms with Crippen molar-refractivity contribution >= 4 is 43.3 Å². The van der Waals surface area contributed by atoms with Crippen LogP contribution in [0.25, 0.3) is 0 Å². The molecule has 9 nitrogen and oxygen atoms in total. The van der Waals surface area contributed by atoms with Crippen LogP contribution >= 0.6 is 11.6 Å². The number of hydrogen-bond donors (Lipinski definition) is 3. The van der Waals surface area contributed by atoms with Gasteiger partial charge in [0.2, 0.25) is 5.91 Å². The van der Waals surface area contributed by atoms with Crippen LogP contribution in [0.3, 0.4) is 0 Å². The van der Waals surface area contributed by atoms with Crippen LogP contribution in [-0.4, -0.2) is 64.3 Å². The van der Waals surface area contributed by atoms with Gasteiger partial charge in [-0.1, -0.05) is 31.3 Å². The van der Waals surface area contributed by atoms with Crippen LogP contribution in [0.5, 0.6) is 5.75 Å². The van der Waals surface area contributed by atoms with Gasteiger partial charge in [0.25, 0.3) is 5.91 Å². The molecule has 0 saturated carbocycles. The zero-order valence-electron chi connectivity index (χ0n) is 18.0. The molecule has 0 aromatic carbocycles. The monoisotopic (exact) mass is 461 g/mol. The highest BCUT2D eigenvalue weighted by molar-refractivity contribution is 6.72. The number of imidazole rings is 1. The zero-order valence-corrected chi connectivity index (χ0v) is 19.7. The maximum absolute atomic E-state index is 12.8. The van der Waals surface area contributed by atoms with Crippen molar-refractivity contribution in [2.45, 2.75) is 32.6 Å². The summed E-state index contributed by atoms with van der Waals surface area (Å²) in [6.45, 7) is 10.6. The number of amides is 2. The number of aryl methyl sites for hydroxylation is 1. The van der Waals surface area contributed by atoms with E-state index >= 15 is 0 Å². The van der Waals surface area contributed by atoms with Crippen molar-refractivity contribution in [3.05, 3.63) is 41.0 Å². The van der Waals surface area contributed by atoms with Crippen molar-refractivity contribution in [3.8, 4) is 5.75 Å². The van der Waals surface area contributed by atoms with E-state index in [9.17, 15) is 14.7 Å². The first-order valence-electron chi connectivity index (χ1n) is 9.80. The molecule has 1 saturated heterocycles. The number of carbonyl (C=O) groups excluding carboxylic acids is 2. The van der Waals surface area contributed by atoms with Gasteiger partial charge in [0.15, 0.2) is 11.6 Å². The molecular weight excluding hydrogens is 436 g/mol. The maximum Gasteiger partial charge on any atom is 0.270 e. The first-order chi connectivity index (χ1) is 14.6. The standard InChI is InChI=1S/C20H26ClN6O3Si/c1-6-16(29)27-9-12(10-27)24-19(30)17-11(2)23-15(26(17)3)8-22-18-14(28)7-13(21)20(25-18)31(4)5/h6-7,12,28H,1,8-10H2,2-5H3,(H,22,25)(H,24,30). The van der Waals surface area contributed by atoms with Crippen LogP contribution < -0.4 is 16.0 Å². The molecule has 2 amide bonds. The number of rotatable bonds is 7. The van der Waals surface area contributed by atoms with E-state index in [1.807, 2.05) is 0 Å². The molecule has 11 heteroatoms. The largest absolute Gasteiger partial charge is 0.504 e. The highest BCUT2D eigenvalue weighted by atomic mass is 35.5. The van der Waals surface area contributed by atoms with E-state index in [0.717, 1.165) is 5.32 Å². The zero-order chi connectivity index (χ0) is 22.9. The summed E-state index contributed by atoms with van der Waals surface area (Å²) in [5.41, 5.74) is 1.05. The Morgan fingerprint density at radius 2 is 2.06 bits per heavy atom. The molecule has 3 heterocycles. The van der Waals surface area contributed by atoms with Crippen LogP contribution in [0.2, 0.25) is 18.1 Å². The van der Waals surface area contributed by atoms with Gasteiger partial charge in [-0.25, -0.2) is 9.97 Å². The first-order valence-corrected chi connectivity index (χ1v) is 12.7. The predicted octanol–water partition coefficient (Wildman–Crippen LogP) is 1.18. The SMILES string of the molecule is C=CC(=O)N1CC(NC(=O)c2c(C)nc(CNc3nc([Si](C)C)c(Cl)cc3O)n2C)C1. The van der Waals surface area contributed by atoms with E-state index in [1.165, 1.54) is 12.1 Å². The summed E-state index contributed by atoms with van der Waals surface area (Å²) in [5.74, 6) is 0.532. The Labute approximate surface area is 187 Å². The second-order valence-electron chi connectivity index (χ2n) is 7.68. The van der Waals surface area contributed by atoms with Gasteiger partial charge in [-0.2, -0.15) is 0 Å². The number of nitrogens with zero attached hydrogens (tertiary/aromatic N) is 4. The lowest BCUT2D eigenvalue weighted by atomic mass is 10.1. The normalized spacial score (nSPS) is 13.8. The van der Waals surface area contributed by atoms with E-state index in [2.05, 4.69) is 40.3 Å². The average molecular weight is 462 g/mol. The minimum atomic E-state index is -0.902. The fraction of sp³-hybridized carbons (Fsp3) is 0.400. The van der Waals surface area contributed by atoms with Crippen LogP contribution in [0.1, 0.15) is 22.0 Å². The number of aromatic hydroxyl groups is 1. The van der Waals surface area contributed by atoms with Crippen molar-refractivity contribution in [2.75, 3.05) is 18.4 Å². The minimum absolute atomic E-state index is 0.0375. The number of likely N-dealkylation sites (tertiary alicyclic amines) is 1. The number of carbonyl (C=O) groups is 2. The third kappa shape index (κ3) is 4.75. The van der Waals surface area contributed by atoms with Crippen LogP contribution in [0.4, 0.5) is 5.82 Å². The molecule has 1 fully saturated rings. The number of nitrogens with one attached hydrogen (secondary N) is 2. The number of pyridine rings is 1. The van der Waals surface area contributed by atoms with Crippen molar-refractivity contribution in [2.24, 2.45) is 7.05 Å². The lowest BCUT2D eigenvalue weighted by Gasteiger charge is -2.38. The van der Waals surface area contributed by atoms with Crippen molar-refractivity contribution < 1.29 is 14.7 Å². The first kappa shape index (κ1) is 22.8. The Bertz CT molecular complexity index is 1030. The highest BCUT2D eigenvalue weighted by Gasteiger charge is 2.31. The van der Waals surface area contributed by atoms with Gasteiger partial charge in [-0.05, 0) is 13.0 Å². The molecule has 31 heavy (non-hydrogen) atoms. The molecule has 0 atom stereocenters. The second-order valence-corrected chi connectivity index (χ2v) is 10.6. The summed E-state index contributed by atoms with van der Waals surface area (Å²) in [4.78, 5) is 34.9. The molecule has 0 aliphatic carbocycles. The van der Waals surface area contributed by atoms with E-state index < -0.39 is 8.80 Å². The second kappa shape index (κ2) is 9.11. The molecule has 1 radical (unpaired) electrons. The van der Waals surface area contributed by atoms with Gasteiger partial charge in [0.1, 0.15) is 20.3 Å². The van der Waals surface area contributed by atoms with E-state index in [4.69, 9.17) is 11.6 Å². The fourth-order valence-electron chi connectivity index (χ4n) is 3.42. The molecule has 2 aromatic rings. The molecule has 0 bridgehead atoms. The quantitative estimate of drug-likeness (QED) is 0.421. The number of halogens is 1. The van der Waals surface area contributed by atoms with Gasteiger partial charge in [-0.3, -0.25) is 9.59 Å². The Morgan fingerprint density at radius 3 is 2.68 bits per heavy atom. The van der Waals surface area contributed by atoms with Gasteiger partial charge >= 0.3 is 0 Å². The van der Waals surface area contributed by atoms with Crippen LogP contribution in [0, 0.1) is 6.92 Å². The number of hydrogen-bond acceptors (Lipinski definition) is 6. The van der Waals surface area contributed by atoms with Crippen molar-refractivity contribution in [1.29, 1.82) is 0 Å². The molecule has 165 valence electrons. The molecule has 2 aromatic heterocycles. The third-order valence-corrected chi connectivity index (χ3v) is 6.90. The number of aromatic nitrogens is 3. The van der Waals surface area contributed by atoms with Crippen molar-refractivity contribution in [3.63, 3.8) is 0 Å². The topological polar surface area (TPSA) is 112 Å².